The number of aromatic carboxylic acids is 2. The minimum absolute atomic E-state index is 0.198. The van der Waals surface area contributed by atoms with Crippen LogP contribution in [-0.2, 0) is 30.4 Å². The molecule has 342 valence electrons. The lowest BCUT2D eigenvalue weighted by Crippen LogP contribution is -2.08. The minimum Gasteiger partial charge on any atom is -0.481 e. The van der Waals surface area contributed by atoms with E-state index in [2.05, 4.69) is 0 Å². The lowest BCUT2D eigenvalue weighted by Gasteiger charge is -2.20. The standard InChI is InChI=1S/C10H10O2.C9H16O2.C9H10O2.C8H5NO2.C7H6O2.C4H6O2.C2H4O2/c1-8(10(11)12)7-9-5-3-2-4-6-9;2*10-9(11)7-6-8-4-2-1-3-5-8;9-5-6-1-3-7(4-2-6)8(10)11;8-7(9)6-4-2-1-3-5-6;1-2-3-4(5)6;1-2(3)4/h2-7H,1H3,(H,11,12);8H,1-7H2,(H,10,11);1-5H,6-7H2,(H,10,11);1-4H,(H,10,11);1-5H,(H,8,9);2-3H,1H3,(H,5,6);1H3,(H,3,4)/b;;;;;3-2+;. The molecule has 0 radical (unpaired) electrons. The molecule has 0 bridgehead atoms. The fourth-order valence-electron chi connectivity index (χ4n) is 4.97. The summed E-state index contributed by atoms with van der Waals surface area (Å²) < 4.78 is 0. The normalized spacial score (nSPS) is 11.2. The number of allylic oxidation sites excluding steroid dienone is 1. The molecule has 4 aromatic carbocycles. The predicted molar refractivity (Wildman–Crippen MR) is 241 cm³/mol. The molecule has 7 N–H and O–H groups in total. The number of hydrogen-bond donors (Lipinski definition) is 7. The van der Waals surface area contributed by atoms with Crippen molar-refractivity contribution in [2.75, 3.05) is 0 Å². The lowest BCUT2D eigenvalue weighted by atomic mass is 9.86. The summed E-state index contributed by atoms with van der Waals surface area (Å²) in [6.45, 7) is 4.32. The van der Waals surface area contributed by atoms with Crippen LogP contribution < -0.4 is 0 Å². The molecule has 0 unspecified atom stereocenters. The molecule has 0 spiro atoms. The van der Waals surface area contributed by atoms with E-state index in [0.29, 0.717) is 35.5 Å². The Labute approximate surface area is 372 Å². The van der Waals surface area contributed by atoms with E-state index >= 15 is 0 Å². The number of hydrogen-bond acceptors (Lipinski definition) is 8. The minimum atomic E-state index is -0.977. The molecule has 15 heteroatoms. The van der Waals surface area contributed by atoms with Gasteiger partial charge in [-0.1, -0.05) is 117 Å². The van der Waals surface area contributed by atoms with Crippen LogP contribution >= 0.6 is 0 Å². The van der Waals surface area contributed by atoms with E-state index in [1.165, 1.54) is 62.4 Å². The number of benzene rings is 4. The fourth-order valence-corrected chi connectivity index (χ4v) is 4.97. The Bertz CT molecular complexity index is 2060. The summed E-state index contributed by atoms with van der Waals surface area (Å²) in [6.07, 6.45) is 12.8. The SMILES string of the molecule is C/C=C/C(=O)O.CC(=Cc1ccccc1)C(=O)O.CC(=O)O.N#Cc1ccc(C(=O)O)cc1.O=C(O)CCC1CCCCC1.O=C(O)CCc1ccccc1.O=C(O)c1ccccc1. The average Bonchev–Trinajstić information content (AvgIpc) is 3.27. The first-order valence-electron chi connectivity index (χ1n) is 19.8. The zero-order chi connectivity index (χ0) is 48.7. The topological polar surface area (TPSA) is 285 Å². The van der Waals surface area contributed by atoms with E-state index in [1.807, 2.05) is 66.7 Å². The molecule has 15 nitrogen and oxygen atoms in total. The van der Waals surface area contributed by atoms with E-state index in [-0.39, 0.29) is 12.0 Å². The molecule has 0 aromatic heterocycles. The van der Waals surface area contributed by atoms with Gasteiger partial charge in [0.05, 0.1) is 22.8 Å². The Morgan fingerprint density at radius 2 is 1.05 bits per heavy atom. The monoisotopic (exact) mass is 883 g/mol. The Balaban J connectivity index is 0. The number of aliphatic carboxylic acids is 5. The zero-order valence-electron chi connectivity index (χ0n) is 36.1. The highest BCUT2D eigenvalue weighted by atomic mass is 16.4. The fraction of sp³-hybridized carbons (Fsp3) is 0.265. The number of nitrogens with zero attached hydrogens (tertiary/aromatic N) is 1. The van der Waals surface area contributed by atoms with Gasteiger partial charge in [0.1, 0.15) is 0 Å². The van der Waals surface area contributed by atoms with Gasteiger partial charge in [-0.15, -0.1) is 0 Å². The molecule has 0 aliphatic heterocycles. The van der Waals surface area contributed by atoms with Crippen molar-refractivity contribution < 1.29 is 69.3 Å². The number of aryl methyl sites for hydroxylation is 1. The largest absolute Gasteiger partial charge is 0.481 e. The molecular formula is C49H57NO14. The summed E-state index contributed by atoms with van der Waals surface area (Å²) in [7, 11) is 0. The van der Waals surface area contributed by atoms with Gasteiger partial charge in [-0.05, 0) is 86.2 Å². The summed E-state index contributed by atoms with van der Waals surface area (Å²) >= 11 is 0. The first-order valence-corrected chi connectivity index (χ1v) is 19.8. The second kappa shape index (κ2) is 36.9. The molecule has 0 atom stereocenters. The van der Waals surface area contributed by atoms with Crippen molar-refractivity contribution >= 4 is 47.9 Å². The van der Waals surface area contributed by atoms with E-state index < -0.39 is 41.8 Å². The number of rotatable bonds is 11. The third kappa shape index (κ3) is 36.0. The maximum Gasteiger partial charge on any atom is 0.335 e. The molecule has 1 fully saturated rings. The molecule has 1 aliphatic rings. The number of nitriles is 1. The highest BCUT2D eigenvalue weighted by Crippen LogP contribution is 2.27. The van der Waals surface area contributed by atoms with E-state index in [0.717, 1.165) is 30.5 Å². The second-order valence-corrected chi connectivity index (χ2v) is 13.4. The van der Waals surface area contributed by atoms with E-state index in [4.69, 9.17) is 45.8 Å². The molecule has 4 aromatic rings. The van der Waals surface area contributed by atoms with Gasteiger partial charge in [0.25, 0.3) is 5.97 Å². The smallest absolute Gasteiger partial charge is 0.335 e. The van der Waals surface area contributed by atoms with Crippen LogP contribution in [0.5, 0.6) is 0 Å². The molecule has 0 heterocycles. The third-order valence-electron chi connectivity index (χ3n) is 8.07. The highest BCUT2D eigenvalue weighted by Gasteiger charge is 2.14. The van der Waals surface area contributed by atoms with Crippen LogP contribution in [-0.4, -0.2) is 77.5 Å². The first kappa shape index (κ1) is 58.2. The van der Waals surface area contributed by atoms with Gasteiger partial charge >= 0.3 is 35.8 Å². The molecule has 1 saturated carbocycles. The Morgan fingerprint density at radius 1 is 0.609 bits per heavy atom. The van der Waals surface area contributed by atoms with Crippen LogP contribution in [0, 0.1) is 17.2 Å². The van der Waals surface area contributed by atoms with Gasteiger partial charge in [-0.3, -0.25) is 14.4 Å². The van der Waals surface area contributed by atoms with Crippen molar-refractivity contribution in [1.29, 1.82) is 5.26 Å². The maximum atomic E-state index is 10.4. The van der Waals surface area contributed by atoms with Crippen LogP contribution in [0.15, 0.2) is 133 Å². The van der Waals surface area contributed by atoms with Gasteiger partial charge < -0.3 is 35.7 Å². The molecule has 0 saturated heterocycles. The van der Waals surface area contributed by atoms with Crippen molar-refractivity contribution in [2.45, 2.75) is 78.6 Å². The summed E-state index contributed by atoms with van der Waals surface area (Å²) in [4.78, 5) is 69.9. The van der Waals surface area contributed by atoms with Gasteiger partial charge in [0, 0.05) is 31.4 Å². The number of carboxylic acid groups (broad SMARTS) is 7. The van der Waals surface area contributed by atoms with Gasteiger partial charge in [0.15, 0.2) is 0 Å². The van der Waals surface area contributed by atoms with Crippen molar-refractivity contribution in [3.05, 3.63) is 161 Å². The van der Waals surface area contributed by atoms with Gasteiger partial charge in [-0.2, -0.15) is 5.26 Å². The zero-order valence-corrected chi connectivity index (χ0v) is 36.1. The Morgan fingerprint density at radius 3 is 1.41 bits per heavy atom. The van der Waals surface area contributed by atoms with Crippen molar-refractivity contribution in [2.24, 2.45) is 5.92 Å². The third-order valence-corrected chi connectivity index (χ3v) is 8.07. The Hall–Kier alpha value is -7.86. The first-order chi connectivity index (χ1) is 30.3. The van der Waals surface area contributed by atoms with E-state index in [9.17, 15) is 28.8 Å². The predicted octanol–water partition coefficient (Wildman–Crippen LogP) is 9.69. The summed E-state index contributed by atoms with van der Waals surface area (Å²) in [5.41, 5.74) is 3.34. The molecule has 64 heavy (non-hydrogen) atoms. The second-order valence-electron chi connectivity index (χ2n) is 13.4. The van der Waals surface area contributed by atoms with Crippen LogP contribution in [0.1, 0.15) is 110 Å². The summed E-state index contributed by atoms with van der Waals surface area (Å²) in [6, 6.07) is 35.0. The molecular weight excluding hydrogens is 827 g/mol. The van der Waals surface area contributed by atoms with Crippen LogP contribution in [0.2, 0.25) is 0 Å². The van der Waals surface area contributed by atoms with Crippen LogP contribution in [0.3, 0.4) is 0 Å². The maximum absolute atomic E-state index is 10.4. The number of carbonyl (C=O) groups is 7. The quantitative estimate of drug-likeness (QED) is 0.0690. The molecule has 5 rings (SSSR count). The molecule has 1 aliphatic carbocycles. The lowest BCUT2D eigenvalue weighted by molar-refractivity contribution is -0.138. The summed E-state index contributed by atoms with van der Waals surface area (Å²) in [5, 5.41) is 65.9. The average molecular weight is 884 g/mol. The number of carboxylic acids is 7. The van der Waals surface area contributed by atoms with Crippen LogP contribution in [0.4, 0.5) is 0 Å². The van der Waals surface area contributed by atoms with E-state index in [1.54, 1.807) is 50.3 Å². The van der Waals surface area contributed by atoms with Gasteiger partial charge in [-0.25, -0.2) is 19.2 Å². The van der Waals surface area contributed by atoms with Crippen molar-refractivity contribution in [3.63, 3.8) is 0 Å². The van der Waals surface area contributed by atoms with Crippen LogP contribution in [0.25, 0.3) is 6.08 Å². The van der Waals surface area contributed by atoms with Crippen molar-refractivity contribution in [3.8, 4) is 6.07 Å². The summed E-state index contributed by atoms with van der Waals surface area (Å²) in [5.74, 6) is -5.13. The molecule has 0 amide bonds. The van der Waals surface area contributed by atoms with Crippen molar-refractivity contribution in [1.82, 2.24) is 0 Å². The Kier molecular flexibility index (Phi) is 33.6. The highest BCUT2D eigenvalue weighted by molar-refractivity contribution is 5.91. The van der Waals surface area contributed by atoms with Gasteiger partial charge in [0.2, 0.25) is 0 Å².